The van der Waals surface area contributed by atoms with Gasteiger partial charge in [-0.25, -0.2) is 9.97 Å². The zero-order valence-corrected chi connectivity index (χ0v) is 39.5. The summed E-state index contributed by atoms with van der Waals surface area (Å²) >= 11 is 14.5. The number of ether oxygens (including phenoxy) is 2. The number of unbranched alkanes of at least 4 members (excludes halogenated alkanes) is 10. The Kier molecular flexibility index (Phi) is 14.3. The summed E-state index contributed by atoms with van der Waals surface area (Å²) < 4.78 is 20.1. The molecule has 0 aliphatic heterocycles. The van der Waals surface area contributed by atoms with Gasteiger partial charge in [0.2, 0.25) is 0 Å². The fraction of sp³-hybridized carbons (Fsp3) is 0.333. The average molecular weight is 973 g/mol. The van der Waals surface area contributed by atoms with Crippen LogP contribution in [0.1, 0.15) is 90.9 Å². The van der Waals surface area contributed by atoms with Crippen LogP contribution in [0.2, 0.25) is 0 Å². The first-order valence-corrected chi connectivity index (χ1v) is 25.5. The lowest BCUT2D eigenvalue weighted by Gasteiger charge is -2.16. The molecule has 0 radical (unpaired) electrons. The number of thiophene rings is 4. The number of hydrogen-bond donors (Lipinski definition) is 0. The van der Waals surface area contributed by atoms with E-state index in [1.165, 1.54) is 92.8 Å². The van der Waals surface area contributed by atoms with Crippen molar-refractivity contribution >= 4 is 107 Å². The molecule has 0 amide bonds. The van der Waals surface area contributed by atoms with Crippen molar-refractivity contribution in [3.8, 4) is 54.9 Å². The van der Waals surface area contributed by atoms with Crippen molar-refractivity contribution in [1.82, 2.24) is 9.97 Å². The lowest BCUT2D eigenvalue weighted by atomic mass is 10.00. The molecule has 300 valence electrons. The van der Waals surface area contributed by atoms with Crippen molar-refractivity contribution in [1.29, 1.82) is 0 Å². The molecule has 0 bridgehead atoms. The molecular weight excluding hydrogens is 925 g/mol. The summed E-state index contributed by atoms with van der Waals surface area (Å²) in [7, 11) is 0. The lowest BCUT2D eigenvalue weighted by molar-refractivity contribution is 0.304. The maximum Gasteiger partial charge on any atom is 0.119 e. The Balaban J connectivity index is 1.23. The summed E-state index contributed by atoms with van der Waals surface area (Å²) in [6.45, 7) is 5.94. The van der Waals surface area contributed by atoms with Crippen molar-refractivity contribution in [3.05, 3.63) is 92.5 Å². The van der Waals surface area contributed by atoms with E-state index in [0.717, 1.165) is 76.6 Å². The first-order chi connectivity index (χ1) is 28.5. The van der Waals surface area contributed by atoms with Gasteiger partial charge >= 0.3 is 0 Å². The fourth-order valence-corrected chi connectivity index (χ4v) is 13.5. The van der Waals surface area contributed by atoms with Gasteiger partial charge in [-0.3, -0.25) is 0 Å². The molecule has 58 heavy (non-hydrogen) atoms. The van der Waals surface area contributed by atoms with E-state index in [4.69, 9.17) is 19.4 Å². The van der Waals surface area contributed by atoms with Gasteiger partial charge in [0.15, 0.2) is 0 Å². The predicted molar refractivity (Wildman–Crippen MR) is 261 cm³/mol. The molecule has 8 rings (SSSR count). The predicted octanol–water partition coefficient (Wildman–Crippen LogP) is 17.9. The van der Waals surface area contributed by atoms with Crippen LogP contribution >= 0.6 is 77.2 Å². The standard InChI is InChI=1S/C48H48Br2N2O2S4/c1-3-5-7-9-11-13-23-53-33-19-15-17-31(25-33)45-46(32-18-16-20-34(26-32)54-24-14-12-10-8-6-4-2)52-48-36(38-28-40-42(56-38)30-44(50)58-40)22-21-35(47(48)51-45)37-27-39-41(55-37)29-43(49)57-39/h15-22,25-30H,3-14,23-24H2,1-2H3. The van der Waals surface area contributed by atoms with E-state index >= 15 is 0 Å². The van der Waals surface area contributed by atoms with Crippen LogP contribution in [-0.2, 0) is 0 Å². The molecule has 0 saturated carbocycles. The highest BCUT2D eigenvalue weighted by Gasteiger charge is 2.22. The Morgan fingerprint density at radius 2 is 0.879 bits per heavy atom. The Hall–Kier alpha value is -3.12. The number of benzene rings is 3. The summed E-state index contributed by atoms with van der Waals surface area (Å²) in [5, 5.41) is 0. The molecule has 5 aromatic heterocycles. The number of hydrogen-bond acceptors (Lipinski definition) is 8. The van der Waals surface area contributed by atoms with E-state index in [-0.39, 0.29) is 0 Å². The molecule has 0 aliphatic carbocycles. The molecule has 0 saturated heterocycles. The summed E-state index contributed by atoms with van der Waals surface area (Å²) in [5.41, 5.74) is 7.62. The highest BCUT2D eigenvalue weighted by atomic mass is 79.9. The van der Waals surface area contributed by atoms with Crippen LogP contribution in [0, 0.1) is 0 Å². The van der Waals surface area contributed by atoms with Crippen LogP contribution in [-0.4, -0.2) is 23.2 Å². The van der Waals surface area contributed by atoms with Crippen molar-refractivity contribution in [2.75, 3.05) is 13.2 Å². The van der Waals surface area contributed by atoms with Crippen molar-refractivity contribution < 1.29 is 9.47 Å². The highest BCUT2D eigenvalue weighted by Crippen LogP contribution is 2.47. The number of aromatic nitrogens is 2. The second kappa shape index (κ2) is 20.0. The molecule has 5 heterocycles. The molecule has 0 N–H and O–H groups in total. The normalized spacial score (nSPS) is 11.7. The van der Waals surface area contributed by atoms with Gasteiger partial charge in [-0.1, -0.05) is 114 Å². The van der Waals surface area contributed by atoms with Gasteiger partial charge < -0.3 is 9.47 Å². The van der Waals surface area contributed by atoms with Crippen LogP contribution in [0.3, 0.4) is 0 Å². The fourth-order valence-electron chi connectivity index (χ4n) is 7.43. The van der Waals surface area contributed by atoms with Crippen LogP contribution in [0.4, 0.5) is 0 Å². The van der Waals surface area contributed by atoms with Gasteiger partial charge in [0.25, 0.3) is 0 Å². The van der Waals surface area contributed by atoms with Gasteiger partial charge in [-0.2, -0.15) is 0 Å². The SMILES string of the molecule is CCCCCCCCOc1cccc(-c2nc3c(-c4cc5sc(Br)cc5s4)ccc(-c4cc5sc(Br)cc5s4)c3nc2-c2cccc(OCCCCCCCC)c2)c1. The third-order valence-corrected chi connectivity index (χ3v) is 16.1. The monoisotopic (exact) mass is 970 g/mol. The summed E-state index contributed by atoms with van der Waals surface area (Å²) in [4.78, 5) is 13.7. The minimum absolute atomic E-state index is 0.706. The van der Waals surface area contributed by atoms with E-state index in [9.17, 15) is 0 Å². The van der Waals surface area contributed by atoms with Crippen molar-refractivity contribution in [2.45, 2.75) is 90.9 Å². The number of fused-ring (bicyclic) bond motifs is 3. The van der Waals surface area contributed by atoms with E-state index in [0.29, 0.717) is 13.2 Å². The number of halogens is 2. The quantitative estimate of drug-likeness (QED) is 0.0714. The molecule has 0 aliphatic rings. The average Bonchev–Trinajstić information content (AvgIpc) is 3.99. The molecule has 0 spiro atoms. The largest absolute Gasteiger partial charge is 0.494 e. The molecule has 0 unspecified atom stereocenters. The summed E-state index contributed by atoms with van der Waals surface area (Å²) in [5.74, 6) is 1.72. The van der Waals surface area contributed by atoms with Gasteiger partial charge in [0.05, 0.1) is 43.2 Å². The zero-order valence-electron chi connectivity index (χ0n) is 33.1. The van der Waals surface area contributed by atoms with Gasteiger partial charge in [0, 0.05) is 50.8 Å². The van der Waals surface area contributed by atoms with E-state index < -0.39 is 0 Å². The van der Waals surface area contributed by atoms with Gasteiger partial charge in [-0.05, 0) is 93.2 Å². The van der Waals surface area contributed by atoms with E-state index in [1.807, 2.05) is 22.7 Å². The molecule has 0 atom stereocenters. The molecule has 3 aromatic carbocycles. The topological polar surface area (TPSA) is 44.2 Å². The van der Waals surface area contributed by atoms with E-state index in [2.05, 4.69) is 131 Å². The van der Waals surface area contributed by atoms with Gasteiger partial charge in [0.1, 0.15) is 11.5 Å². The van der Waals surface area contributed by atoms with Crippen molar-refractivity contribution in [2.24, 2.45) is 0 Å². The highest BCUT2D eigenvalue weighted by molar-refractivity contribution is 9.11. The maximum absolute atomic E-state index is 6.38. The smallest absolute Gasteiger partial charge is 0.119 e. The Labute approximate surface area is 375 Å². The molecule has 8 aromatic rings. The summed E-state index contributed by atoms with van der Waals surface area (Å²) in [6, 6.07) is 30.4. The molecule has 4 nitrogen and oxygen atoms in total. The Morgan fingerprint density at radius 3 is 1.31 bits per heavy atom. The third kappa shape index (κ3) is 9.90. The Morgan fingerprint density at radius 1 is 0.466 bits per heavy atom. The number of rotatable bonds is 20. The van der Waals surface area contributed by atoms with Crippen molar-refractivity contribution in [3.63, 3.8) is 0 Å². The first kappa shape index (κ1) is 41.6. The minimum atomic E-state index is 0.706. The Bertz CT molecular complexity index is 2380. The van der Waals surface area contributed by atoms with Crippen LogP contribution in [0.5, 0.6) is 11.5 Å². The lowest BCUT2D eigenvalue weighted by Crippen LogP contribution is -2.01. The van der Waals surface area contributed by atoms with Gasteiger partial charge in [-0.15, -0.1) is 45.3 Å². The van der Waals surface area contributed by atoms with Crippen LogP contribution in [0.25, 0.3) is 73.2 Å². The van der Waals surface area contributed by atoms with E-state index in [1.54, 1.807) is 22.7 Å². The minimum Gasteiger partial charge on any atom is -0.494 e. The van der Waals surface area contributed by atoms with Crippen LogP contribution in [0.15, 0.2) is 92.5 Å². The molecule has 10 heteroatoms. The molecular formula is C48H48Br2N2O2S4. The second-order valence-corrected chi connectivity index (χ2v) is 21.9. The second-order valence-electron chi connectivity index (χ2n) is 14.8. The third-order valence-electron chi connectivity index (χ3n) is 10.5. The maximum atomic E-state index is 6.38. The first-order valence-electron chi connectivity index (χ1n) is 20.7. The molecule has 0 fully saturated rings. The van der Waals surface area contributed by atoms with Crippen LogP contribution < -0.4 is 9.47 Å². The zero-order chi connectivity index (χ0) is 39.8. The number of nitrogens with zero attached hydrogens (tertiary/aromatic N) is 2. The summed E-state index contributed by atoms with van der Waals surface area (Å²) in [6.07, 6.45) is 14.8.